The average Bonchev–Trinajstić information content (AvgIpc) is 2.75. The van der Waals surface area contributed by atoms with E-state index in [1.165, 1.54) is 0 Å². The van der Waals surface area contributed by atoms with E-state index in [4.69, 9.17) is 9.47 Å². The number of benzene rings is 2. The van der Waals surface area contributed by atoms with E-state index < -0.39 is 0 Å². The number of hydrogen-bond donors (Lipinski definition) is 1. The lowest BCUT2D eigenvalue weighted by molar-refractivity contribution is -0.118. The van der Waals surface area contributed by atoms with Gasteiger partial charge in [0.2, 0.25) is 0 Å². The molecule has 26 heavy (non-hydrogen) atoms. The lowest BCUT2D eigenvalue weighted by atomic mass is 9.96. The molecule has 2 aromatic carbocycles. The SMILES string of the molecule is Cc1cc(C)c2c(c1)C(=O)/C(=C\c1ccc3c(c1)NC(=O)CO3)CCO2. The summed E-state index contributed by atoms with van der Waals surface area (Å²) in [6.07, 6.45) is 2.39. The molecule has 2 heterocycles. The Morgan fingerprint density at radius 2 is 1.92 bits per heavy atom. The number of carbonyl (C=O) groups excluding carboxylic acids is 2. The molecular formula is C21H19NO4. The number of rotatable bonds is 1. The minimum absolute atomic E-state index is 0.0118. The summed E-state index contributed by atoms with van der Waals surface area (Å²) in [6.45, 7) is 4.42. The first-order chi connectivity index (χ1) is 12.5. The number of fused-ring (bicyclic) bond motifs is 2. The van der Waals surface area contributed by atoms with Crippen LogP contribution in [0.3, 0.4) is 0 Å². The topological polar surface area (TPSA) is 64.6 Å². The van der Waals surface area contributed by atoms with E-state index in [1.807, 2.05) is 44.2 Å². The summed E-state index contributed by atoms with van der Waals surface area (Å²) >= 11 is 0. The van der Waals surface area contributed by atoms with Gasteiger partial charge in [-0.25, -0.2) is 0 Å². The number of Topliss-reactive ketones (excluding diaryl/α,β-unsaturated/α-hetero) is 1. The van der Waals surface area contributed by atoms with Crippen LogP contribution in [-0.2, 0) is 4.79 Å². The summed E-state index contributed by atoms with van der Waals surface area (Å²) < 4.78 is 11.2. The van der Waals surface area contributed by atoms with E-state index in [2.05, 4.69) is 5.32 Å². The minimum atomic E-state index is -0.180. The van der Waals surface area contributed by atoms with Crippen molar-refractivity contribution < 1.29 is 19.1 Å². The number of amides is 1. The van der Waals surface area contributed by atoms with Crippen molar-refractivity contribution in [3.63, 3.8) is 0 Å². The van der Waals surface area contributed by atoms with Crippen molar-refractivity contribution in [3.8, 4) is 11.5 Å². The Morgan fingerprint density at radius 1 is 1.08 bits per heavy atom. The van der Waals surface area contributed by atoms with Crippen molar-refractivity contribution in [2.45, 2.75) is 20.3 Å². The zero-order valence-electron chi connectivity index (χ0n) is 14.7. The van der Waals surface area contributed by atoms with Crippen LogP contribution in [0.1, 0.15) is 33.5 Å². The Morgan fingerprint density at radius 3 is 2.77 bits per heavy atom. The highest BCUT2D eigenvalue weighted by molar-refractivity contribution is 6.13. The third-order valence-electron chi connectivity index (χ3n) is 4.55. The quantitative estimate of drug-likeness (QED) is 0.798. The van der Waals surface area contributed by atoms with Gasteiger partial charge in [-0.15, -0.1) is 0 Å². The maximum absolute atomic E-state index is 13.0. The first-order valence-electron chi connectivity index (χ1n) is 8.57. The molecule has 0 aromatic heterocycles. The lowest BCUT2D eigenvalue weighted by Crippen LogP contribution is -2.25. The van der Waals surface area contributed by atoms with Crippen LogP contribution >= 0.6 is 0 Å². The summed E-state index contributed by atoms with van der Waals surface area (Å²) in [6, 6.07) is 9.41. The largest absolute Gasteiger partial charge is 0.492 e. The molecule has 2 aromatic rings. The van der Waals surface area contributed by atoms with E-state index in [0.29, 0.717) is 41.4 Å². The van der Waals surface area contributed by atoms with Gasteiger partial charge in [0.25, 0.3) is 5.91 Å². The fourth-order valence-electron chi connectivity index (χ4n) is 3.39. The maximum atomic E-state index is 13.0. The van der Waals surface area contributed by atoms with Crippen LogP contribution in [-0.4, -0.2) is 24.9 Å². The highest BCUT2D eigenvalue weighted by atomic mass is 16.5. The van der Waals surface area contributed by atoms with Crippen molar-refractivity contribution in [2.24, 2.45) is 0 Å². The molecule has 0 fully saturated rings. The highest BCUT2D eigenvalue weighted by Gasteiger charge is 2.23. The van der Waals surface area contributed by atoms with Gasteiger partial charge in [-0.1, -0.05) is 12.1 Å². The fourth-order valence-corrected chi connectivity index (χ4v) is 3.39. The third kappa shape index (κ3) is 2.96. The number of nitrogens with one attached hydrogen (secondary N) is 1. The molecule has 0 atom stereocenters. The normalized spacial score (nSPS) is 17.5. The number of ketones is 1. The van der Waals surface area contributed by atoms with Gasteiger partial charge in [-0.3, -0.25) is 9.59 Å². The number of aryl methyl sites for hydroxylation is 2. The zero-order chi connectivity index (χ0) is 18.3. The monoisotopic (exact) mass is 349 g/mol. The molecule has 2 aliphatic rings. The smallest absolute Gasteiger partial charge is 0.262 e. The van der Waals surface area contributed by atoms with Gasteiger partial charge in [0.1, 0.15) is 11.5 Å². The zero-order valence-corrected chi connectivity index (χ0v) is 14.7. The summed E-state index contributed by atoms with van der Waals surface area (Å²) in [5, 5.41) is 2.79. The first kappa shape index (κ1) is 16.4. The molecule has 4 rings (SSSR count). The van der Waals surface area contributed by atoms with Gasteiger partial charge in [0.15, 0.2) is 12.4 Å². The van der Waals surface area contributed by atoms with E-state index in [1.54, 1.807) is 6.07 Å². The number of ether oxygens (including phenoxy) is 2. The Labute approximate surface area is 151 Å². The van der Waals surface area contributed by atoms with Crippen molar-refractivity contribution >= 4 is 23.5 Å². The molecule has 0 unspecified atom stereocenters. The molecule has 5 heteroatoms. The van der Waals surface area contributed by atoms with Crippen LogP contribution < -0.4 is 14.8 Å². The van der Waals surface area contributed by atoms with Crippen LogP contribution in [0.25, 0.3) is 6.08 Å². The predicted octanol–water partition coefficient (Wildman–Crippen LogP) is 3.68. The fraction of sp³-hybridized carbons (Fsp3) is 0.238. The van der Waals surface area contributed by atoms with E-state index in [9.17, 15) is 9.59 Å². The molecule has 0 bridgehead atoms. The van der Waals surface area contributed by atoms with Gasteiger partial charge in [0, 0.05) is 12.0 Å². The Hall–Kier alpha value is -3.08. The standard InChI is InChI=1S/C21H19NO4/c1-12-7-13(2)21-16(8-12)20(24)15(5-6-25-21)9-14-3-4-18-17(10-14)22-19(23)11-26-18/h3-4,7-10H,5-6,11H2,1-2H3,(H,22,23)/b15-9-. The average molecular weight is 349 g/mol. The summed E-state index contributed by atoms with van der Waals surface area (Å²) in [7, 11) is 0. The van der Waals surface area contributed by atoms with Crippen LogP contribution in [0.15, 0.2) is 35.9 Å². The molecule has 1 N–H and O–H groups in total. The minimum Gasteiger partial charge on any atom is -0.492 e. The molecule has 0 spiro atoms. The third-order valence-corrected chi connectivity index (χ3v) is 4.55. The molecular weight excluding hydrogens is 330 g/mol. The van der Waals surface area contributed by atoms with E-state index in [-0.39, 0.29) is 18.3 Å². The lowest BCUT2D eigenvalue weighted by Gasteiger charge is -2.18. The van der Waals surface area contributed by atoms with Gasteiger partial charge in [0.05, 0.1) is 17.9 Å². The maximum Gasteiger partial charge on any atom is 0.262 e. The van der Waals surface area contributed by atoms with E-state index >= 15 is 0 Å². The number of carbonyl (C=O) groups is 2. The number of anilines is 1. The van der Waals surface area contributed by atoms with Gasteiger partial charge < -0.3 is 14.8 Å². The summed E-state index contributed by atoms with van der Waals surface area (Å²) in [5.41, 5.74) is 4.78. The van der Waals surface area contributed by atoms with Crippen molar-refractivity contribution in [1.29, 1.82) is 0 Å². The molecule has 2 aliphatic heterocycles. The second-order valence-electron chi connectivity index (χ2n) is 6.65. The van der Waals surface area contributed by atoms with Gasteiger partial charge >= 0.3 is 0 Å². The van der Waals surface area contributed by atoms with Crippen LogP contribution in [0, 0.1) is 13.8 Å². The molecule has 0 saturated carbocycles. The molecule has 0 radical (unpaired) electrons. The second kappa shape index (κ2) is 6.33. The van der Waals surface area contributed by atoms with Crippen molar-refractivity contribution in [2.75, 3.05) is 18.5 Å². The van der Waals surface area contributed by atoms with Crippen LogP contribution in [0.2, 0.25) is 0 Å². The first-order valence-corrected chi connectivity index (χ1v) is 8.57. The van der Waals surface area contributed by atoms with Gasteiger partial charge in [-0.2, -0.15) is 0 Å². The van der Waals surface area contributed by atoms with Crippen molar-refractivity contribution in [3.05, 3.63) is 58.2 Å². The Balaban J connectivity index is 1.72. The van der Waals surface area contributed by atoms with E-state index in [0.717, 1.165) is 16.7 Å². The predicted molar refractivity (Wildman–Crippen MR) is 98.9 cm³/mol. The molecule has 5 nitrogen and oxygen atoms in total. The van der Waals surface area contributed by atoms with Crippen LogP contribution in [0.5, 0.6) is 11.5 Å². The highest BCUT2D eigenvalue weighted by Crippen LogP contribution is 2.33. The second-order valence-corrected chi connectivity index (χ2v) is 6.65. The molecule has 1 amide bonds. The molecule has 132 valence electrons. The van der Waals surface area contributed by atoms with Crippen LogP contribution in [0.4, 0.5) is 5.69 Å². The van der Waals surface area contributed by atoms with Crippen molar-refractivity contribution in [1.82, 2.24) is 0 Å². The summed E-state index contributed by atoms with van der Waals surface area (Å²) in [5.74, 6) is 1.12. The Bertz CT molecular complexity index is 959. The summed E-state index contributed by atoms with van der Waals surface area (Å²) in [4.78, 5) is 24.5. The number of hydrogen-bond acceptors (Lipinski definition) is 4. The Kier molecular flexibility index (Phi) is 3.99. The van der Waals surface area contributed by atoms with Gasteiger partial charge in [-0.05, 0) is 54.8 Å². The molecule has 0 aliphatic carbocycles. The molecule has 0 saturated heterocycles.